The van der Waals surface area contributed by atoms with Crippen molar-refractivity contribution in [3.8, 4) is 0 Å². The fourth-order valence-corrected chi connectivity index (χ4v) is 4.76. The highest BCUT2D eigenvalue weighted by Gasteiger charge is 2.42. The summed E-state index contributed by atoms with van der Waals surface area (Å²) in [5, 5.41) is 0. The van der Waals surface area contributed by atoms with Crippen molar-refractivity contribution in [1.82, 2.24) is 0 Å². The Balaban J connectivity index is 1.77. The minimum atomic E-state index is -0.336. The number of benzene rings is 1. The lowest BCUT2D eigenvalue weighted by atomic mass is 9.81. The Morgan fingerprint density at radius 3 is 3.05 bits per heavy atom. The SMILES string of the molecule is O=C(c1ccc(F)c(Br)c1)C1CCOC2(CCSC2)C1. The van der Waals surface area contributed by atoms with Crippen LogP contribution in [0.2, 0.25) is 0 Å². The zero-order valence-corrected chi connectivity index (χ0v) is 13.4. The molecule has 2 nitrogen and oxygen atoms in total. The first-order chi connectivity index (χ1) is 9.60. The van der Waals surface area contributed by atoms with Crippen molar-refractivity contribution in [2.75, 3.05) is 18.1 Å². The average Bonchev–Trinajstić information content (AvgIpc) is 2.89. The van der Waals surface area contributed by atoms with E-state index in [0.717, 1.165) is 30.8 Å². The van der Waals surface area contributed by atoms with Crippen LogP contribution in [-0.4, -0.2) is 29.5 Å². The Bertz CT molecular complexity index is 529. The van der Waals surface area contributed by atoms with Gasteiger partial charge >= 0.3 is 0 Å². The van der Waals surface area contributed by atoms with E-state index in [0.29, 0.717) is 16.6 Å². The Morgan fingerprint density at radius 2 is 2.35 bits per heavy atom. The number of hydrogen-bond donors (Lipinski definition) is 0. The lowest BCUT2D eigenvalue weighted by Crippen LogP contribution is -2.42. The van der Waals surface area contributed by atoms with E-state index in [4.69, 9.17) is 4.74 Å². The highest BCUT2D eigenvalue weighted by Crippen LogP contribution is 2.41. The van der Waals surface area contributed by atoms with Crippen LogP contribution in [0.4, 0.5) is 4.39 Å². The third-order valence-electron chi connectivity index (χ3n) is 4.14. The first kappa shape index (κ1) is 14.5. The molecule has 1 spiro atoms. The summed E-state index contributed by atoms with van der Waals surface area (Å²) in [7, 11) is 0. The molecule has 0 amide bonds. The Morgan fingerprint density at radius 1 is 1.50 bits per heavy atom. The van der Waals surface area contributed by atoms with Crippen molar-refractivity contribution in [3.05, 3.63) is 34.1 Å². The molecule has 5 heteroatoms. The predicted octanol–water partition coefficient (Wildman–Crippen LogP) is 4.07. The van der Waals surface area contributed by atoms with E-state index in [9.17, 15) is 9.18 Å². The quantitative estimate of drug-likeness (QED) is 0.745. The van der Waals surface area contributed by atoms with Gasteiger partial charge in [-0.3, -0.25) is 4.79 Å². The van der Waals surface area contributed by atoms with Crippen LogP contribution in [0, 0.1) is 11.7 Å². The van der Waals surface area contributed by atoms with E-state index in [2.05, 4.69) is 15.9 Å². The minimum Gasteiger partial charge on any atom is -0.374 e. The first-order valence-corrected chi connectivity index (χ1v) is 8.75. The molecule has 2 fully saturated rings. The lowest BCUT2D eigenvalue weighted by Gasteiger charge is -2.37. The van der Waals surface area contributed by atoms with Gasteiger partial charge in [-0.2, -0.15) is 11.8 Å². The number of hydrogen-bond acceptors (Lipinski definition) is 3. The molecule has 3 rings (SSSR count). The molecular formula is C15H16BrFO2S. The second kappa shape index (κ2) is 5.78. The van der Waals surface area contributed by atoms with Crippen molar-refractivity contribution >= 4 is 33.5 Å². The first-order valence-electron chi connectivity index (χ1n) is 6.81. The van der Waals surface area contributed by atoms with Crippen LogP contribution < -0.4 is 0 Å². The highest BCUT2D eigenvalue weighted by atomic mass is 79.9. The van der Waals surface area contributed by atoms with Crippen LogP contribution in [0.15, 0.2) is 22.7 Å². The average molecular weight is 359 g/mol. The molecule has 0 saturated carbocycles. The maximum absolute atomic E-state index is 13.3. The molecule has 0 N–H and O–H groups in total. The molecule has 2 aliphatic heterocycles. The standard InChI is InChI=1S/C15H16BrFO2S/c16-12-7-10(1-2-13(12)17)14(18)11-3-5-19-15(8-11)4-6-20-9-15/h1-2,7,11H,3-6,8-9H2. The molecular weight excluding hydrogens is 343 g/mol. The van der Waals surface area contributed by atoms with Gasteiger partial charge in [-0.15, -0.1) is 0 Å². The topological polar surface area (TPSA) is 26.3 Å². The smallest absolute Gasteiger partial charge is 0.166 e. The molecule has 2 unspecified atom stereocenters. The van der Waals surface area contributed by atoms with Crippen molar-refractivity contribution in [1.29, 1.82) is 0 Å². The molecule has 1 aromatic rings. The van der Waals surface area contributed by atoms with Crippen LogP contribution in [0.3, 0.4) is 0 Å². The zero-order valence-electron chi connectivity index (χ0n) is 11.0. The monoisotopic (exact) mass is 358 g/mol. The second-order valence-electron chi connectivity index (χ2n) is 5.52. The van der Waals surface area contributed by atoms with Gasteiger partial charge < -0.3 is 4.74 Å². The van der Waals surface area contributed by atoms with Gasteiger partial charge in [-0.05, 0) is 59.1 Å². The van der Waals surface area contributed by atoms with Crippen molar-refractivity contribution in [2.24, 2.45) is 5.92 Å². The Hall–Kier alpha value is -0.390. The number of halogens is 2. The molecule has 0 aromatic heterocycles. The van der Waals surface area contributed by atoms with Gasteiger partial charge in [0.1, 0.15) is 5.82 Å². The minimum absolute atomic E-state index is 0.000175. The molecule has 0 aliphatic carbocycles. The summed E-state index contributed by atoms with van der Waals surface area (Å²) in [5.74, 6) is 1.88. The van der Waals surface area contributed by atoms with Gasteiger partial charge in [0.25, 0.3) is 0 Å². The summed E-state index contributed by atoms with van der Waals surface area (Å²) < 4.78 is 19.6. The molecule has 2 saturated heterocycles. The van der Waals surface area contributed by atoms with Crippen molar-refractivity contribution < 1.29 is 13.9 Å². The zero-order chi connectivity index (χ0) is 14.2. The third kappa shape index (κ3) is 2.81. The fourth-order valence-electron chi connectivity index (χ4n) is 3.00. The lowest BCUT2D eigenvalue weighted by molar-refractivity contribution is -0.0734. The van der Waals surface area contributed by atoms with Gasteiger partial charge in [0.05, 0.1) is 10.1 Å². The number of carbonyl (C=O) groups excluding carboxylic acids is 1. The van der Waals surface area contributed by atoms with Crippen molar-refractivity contribution in [2.45, 2.75) is 24.9 Å². The Labute approximate surface area is 130 Å². The van der Waals surface area contributed by atoms with Crippen LogP contribution in [0.1, 0.15) is 29.6 Å². The fraction of sp³-hybridized carbons (Fsp3) is 0.533. The Kier molecular flexibility index (Phi) is 4.20. The second-order valence-corrected chi connectivity index (χ2v) is 7.48. The predicted molar refractivity (Wildman–Crippen MR) is 81.8 cm³/mol. The van der Waals surface area contributed by atoms with Gasteiger partial charge in [0.15, 0.2) is 5.78 Å². The third-order valence-corrected chi connectivity index (χ3v) is 5.97. The van der Waals surface area contributed by atoms with Crippen molar-refractivity contribution in [3.63, 3.8) is 0 Å². The molecule has 2 heterocycles. The molecule has 1 aromatic carbocycles. The largest absolute Gasteiger partial charge is 0.374 e. The number of thioether (sulfide) groups is 1. The van der Waals surface area contributed by atoms with E-state index in [-0.39, 0.29) is 23.1 Å². The van der Waals surface area contributed by atoms with Crippen LogP contribution in [-0.2, 0) is 4.74 Å². The van der Waals surface area contributed by atoms with E-state index in [1.165, 1.54) is 6.07 Å². The summed E-state index contributed by atoms with van der Waals surface area (Å²) >= 11 is 5.04. The molecule has 2 atom stereocenters. The van der Waals surface area contributed by atoms with E-state index < -0.39 is 0 Å². The van der Waals surface area contributed by atoms with Gasteiger partial charge in [0.2, 0.25) is 0 Å². The number of ether oxygens (including phenoxy) is 1. The highest BCUT2D eigenvalue weighted by molar-refractivity contribution is 9.10. The van der Waals surface area contributed by atoms with Crippen LogP contribution >= 0.6 is 27.7 Å². The molecule has 108 valence electrons. The summed E-state index contributed by atoms with van der Waals surface area (Å²) in [4.78, 5) is 12.6. The normalized spacial score (nSPS) is 29.8. The van der Waals surface area contributed by atoms with Crippen LogP contribution in [0.5, 0.6) is 0 Å². The van der Waals surface area contributed by atoms with Crippen LogP contribution in [0.25, 0.3) is 0 Å². The van der Waals surface area contributed by atoms with E-state index in [1.54, 1.807) is 12.1 Å². The van der Waals surface area contributed by atoms with Gasteiger partial charge in [0, 0.05) is 23.8 Å². The molecule has 20 heavy (non-hydrogen) atoms. The maximum atomic E-state index is 13.3. The van der Waals surface area contributed by atoms with E-state index in [1.807, 2.05) is 11.8 Å². The summed E-state index contributed by atoms with van der Waals surface area (Å²) in [6.07, 6.45) is 2.60. The molecule has 2 aliphatic rings. The maximum Gasteiger partial charge on any atom is 0.166 e. The van der Waals surface area contributed by atoms with Gasteiger partial charge in [-0.1, -0.05) is 0 Å². The number of ketones is 1. The summed E-state index contributed by atoms with van der Waals surface area (Å²) in [6, 6.07) is 4.51. The van der Waals surface area contributed by atoms with E-state index >= 15 is 0 Å². The number of carbonyl (C=O) groups is 1. The molecule has 0 radical (unpaired) electrons. The summed E-state index contributed by atoms with van der Waals surface area (Å²) in [5.41, 5.74) is 0.492. The number of Topliss-reactive ketones (excluding diaryl/α,β-unsaturated/α-hetero) is 1. The summed E-state index contributed by atoms with van der Waals surface area (Å²) in [6.45, 7) is 0.652. The van der Waals surface area contributed by atoms with Gasteiger partial charge in [-0.25, -0.2) is 4.39 Å². The molecule has 0 bridgehead atoms. The number of rotatable bonds is 2.